The number of aryl methyl sites for hydroxylation is 1. The largest absolute Gasteiger partial charge is 0.493 e. The average molecular weight is 385 g/mol. The number of carbonyl (C=O) groups excluding carboxylic acids is 1. The number of halogens is 1. The molecule has 0 atom stereocenters. The molecule has 27 heavy (non-hydrogen) atoms. The zero-order valence-electron chi connectivity index (χ0n) is 14.7. The lowest BCUT2D eigenvalue weighted by atomic mass is 10.2. The number of methoxy groups -OCH3 is 1. The Bertz CT molecular complexity index is 1010. The van der Waals surface area contributed by atoms with Gasteiger partial charge < -0.3 is 15.2 Å². The SMILES string of the molecule is COc1cc(C=Nn2cc(C)nc2N)ccc1OC(=O)c1ccccc1Cl. The van der Waals surface area contributed by atoms with Gasteiger partial charge in [0.2, 0.25) is 5.95 Å². The molecule has 1 heterocycles. The number of anilines is 1. The van der Waals surface area contributed by atoms with Gasteiger partial charge in [-0.1, -0.05) is 23.7 Å². The third-order valence-corrected chi connectivity index (χ3v) is 3.98. The number of hydrogen-bond acceptors (Lipinski definition) is 6. The van der Waals surface area contributed by atoms with Crippen molar-refractivity contribution in [3.8, 4) is 11.5 Å². The number of carbonyl (C=O) groups is 1. The summed E-state index contributed by atoms with van der Waals surface area (Å²) in [6.45, 7) is 1.83. The van der Waals surface area contributed by atoms with Gasteiger partial charge in [-0.15, -0.1) is 0 Å². The van der Waals surface area contributed by atoms with Crippen molar-refractivity contribution in [1.82, 2.24) is 9.66 Å². The molecule has 2 N–H and O–H groups in total. The molecule has 0 aliphatic heterocycles. The molecule has 0 saturated carbocycles. The van der Waals surface area contributed by atoms with Crippen LogP contribution < -0.4 is 15.2 Å². The molecular formula is C19H17ClN4O3. The maximum absolute atomic E-state index is 12.3. The van der Waals surface area contributed by atoms with Crippen molar-refractivity contribution in [2.24, 2.45) is 5.10 Å². The van der Waals surface area contributed by atoms with E-state index in [2.05, 4.69) is 10.1 Å². The van der Waals surface area contributed by atoms with E-state index in [9.17, 15) is 4.79 Å². The molecule has 2 aromatic carbocycles. The van der Waals surface area contributed by atoms with Crippen LogP contribution in [0.2, 0.25) is 5.02 Å². The molecule has 0 amide bonds. The average Bonchev–Trinajstić information content (AvgIpc) is 2.98. The predicted molar refractivity (Wildman–Crippen MR) is 104 cm³/mol. The zero-order chi connectivity index (χ0) is 19.4. The van der Waals surface area contributed by atoms with Crippen LogP contribution in [0.25, 0.3) is 0 Å². The Kier molecular flexibility index (Phi) is 5.42. The molecular weight excluding hydrogens is 368 g/mol. The molecule has 138 valence electrons. The van der Waals surface area contributed by atoms with Crippen LogP contribution in [0, 0.1) is 6.92 Å². The number of imidazole rings is 1. The Morgan fingerprint density at radius 3 is 2.70 bits per heavy atom. The van der Waals surface area contributed by atoms with Crippen LogP contribution in [0.15, 0.2) is 53.8 Å². The topological polar surface area (TPSA) is 91.7 Å². The minimum Gasteiger partial charge on any atom is -0.493 e. The Morgan fingerprint density at radius 2 is 2.04 bits per heavy atom. The zero-order valence-corrected chi connectivity index (χ0v) is 15.5. The highest BCUT2D eigenvalue weighted by Crippen LogP contribution is 2.29. The van der Waals surface area contributed by atoms with E-state index in [0.717, 1.165) is 11.3 Å². The summed E-state index contributed by atoms with van der Waals surface area (Å²) >= 11 is 6.03. The Hall–Kier alpha value is -3.32. The number of nitrogens with zero attached hydrogens (tertiary/aromatic N) is 3. The summed E-state index contributed by atoms with van der Waals surface area (Å²) in [5.41, 5.74) is 7.53. The van der Waals surface area contributed by atoms with E-state index in [4.69, 9.17) is 26.8 Å². The second kappa shape index (κ2) is 7.92. The molecule has 0 unspecified atom stereocenters. The van der Waals surface area contributed by atoms with Gasteiger partial charge in [-0.2, -0.15) is 5.10 Å². The molecule has 8 heteroatoms. The van der Waals surface area contributed by atoms with Crippen LogP contribution in [0.5, 0.6) is 11.5 Å². The Balaban J connectivity index is 1.81. The maximum atomic E-state index is 12.3. The fourth-order valence-electron chi connectivity index (χ4n) is 2.36. The molecule has 0 radical (unpaired) electrons. The van der Waals surface area contributed by atoms with E-state index < -0.39 is 5.97 Å². The van der Waals surface area contributed by atoms with Gasteiger partial charge in [-0.05, 0) is 42.8 Å². The smallest absolute Gasteiger partial charge is 0.345 e. The number of benzene rings is 2. The first-order valence-corrected chi connectivity index (χ1v) is 8.36. The third kappa shape index (κ3) is 4.27. The predicted octanol–water partition coefficient (Wildman–Crippen LogP) is 3.54. The molecule has 3 rings (SSSR count). The third-order valence-electron chi connectivity index (χ3n) is 3.65. The molecule has 0 bridgehead atoms. The molecule has 0 fully saturated rings. The lowest BCUT2D eigenvalue weighted by molar-refractivity contribution is 0.0730. The van der Waals surface area contributed by atoms with Crippen molar-refractivity contribution in [2.75, 3.05) is 12.8 Å². The molecule has 0 spiro atoms. The molecule has 0 aliphatic carbocycles. The number of ether oxygens (including phenoxy) is 2. The standard InChI is InChI=1S/C19H17ClN4O3/c1-12-11-24(19(21)23-12)22-10-13-7-8-16(17(9-13)26-2)27-18(25)14-5-3-4-6-15(14)20/h3-11H,1-2H3,(H2,21,23). The van der Waals surface area contributed by atoms with Crippen LogP contribution in [-0.4, -0.2) is 29.0 Å². The van der Waals surface area contributed by atoms with Gasteiger partial charge >= 0.3 is 5.97 Å². The van der Waals surface area contributed by atoms with Crippen LogP contribution in [0.1, 0.15) is 21.6 Å². The molecule has 0 aliphatic rings. The summed E-state index contributed by atoms with van der Waals surface area (Å²) in [6.07, 6.45) is 3.31. The van der Waals surface area contributed by atoms with Crippen LogP contribution in [0.3, 0.4) is 0 Å². The molecule has 3 aromatic rings. The van der Waals surface area contributed by atoms with Crippen molar-refractivity contribution >= 4 is 29.7 Å². The number of nitrogens with two attached hydrogens (primary N) is 1. The summed E-state index contributed by atoms with van der Waals surface area (Å²) in [5, 5.41) is 4.56. The summed E-state index contributed by atoms with van der Waals surface area (Å²) in [7, 11) is 1.49. The lowest BCUT2D eigenvalue weighted by Gasteiger charge is -2.10. The molecule has 7 nitrogen and oxygen atoms in total. The first-order valence-electron chi connectivity index (χ1n) is 7.98. The first-order chi connectivity index (χ1) is 13.0. The van der Waals surface area contributed by atoms with Gasteiger partial charge in [0.1, 0.15) is 0 Å². The highest BCUT2D eigenvalue weighted by Gasteiger charge is 2.15. The van der Waals surface area contributed by atoms with E-state index in [1.165, 1.54) is 11.8 Å². The van der Waals surface area contributed by atoms with Gasteiger partial charge in [-0.3, -0.25) is 0 Å². The lowest BCUT2D eigenvalue weighted by Crippen LogP contribution is -2.10. The minimum absolute atomic E-state index is 0.276. The number of nitrogen functional groups attached to an aromatic ring is 1. The second-order valence-corrected chi connectivity index (χ2v) is 6.02. The highest BCUT2D eigenvalue weighted by molar-refractivity contribution is 6.33. The van der Waals surface area contributed by atoms with Crippen LogP contribution in [-0.2, 0) is 0 Å². The van der Waals surface area contributed by atoms with Crippen molar-refractivity contribution in [1.29, 1.82) is 0 Å². The number of esters is 1. The second-order valence-electron chi connectivity index (χ2n) is 5.61. The Labute approximate surface area is 161 Å². The fourth-order valence-corrected chi connectivity index (χ4v) is 2.57. The number of hydrogen-bond donors (Lipinski definition) is 1. The molecule has 1 aromatic heterocycles. The van der Waals surface area contributed by atoms with Gasteiger partial charge in [0.15, 0.2) is 11.5 Å². The van der Waals surface area contributed by atoms with E-state index >= 15 is 0 Å². The fraction of sp³-hybridized carbons (Fsp3) is 0.105. The van der Waals surface area contributed by atoms with Crippen molar-refractivity contribution in [2.45, 2.75) is 6.92 Å². The highest BCUT2D eigenvalue weighted by atomic mass is 35.5. The quantitative estimate of drug-likeness (QED) is 0.412. The van der Waals surface area contributed by atoms with Crippen molar-refractivity contribution in [3.05, 3.63) is 70.5 Å². The number of aromatic nitrogens is 2. The summed E-state index contributed by atoms with van der Waals surface area (Å²) in [6, 6.07) is 11.7. The summed E-state index contributed by atoms with van der Waals surface area (Å²) in [5.74, 6) is 0.384. The number of rotatable bonds is 5. The molecule has 0 saturated heterocycles. The van der Waals surface area contributed by atoms with Gasteiger partial charge in [0.25, 0.3) is 0 Å². The summed E-state index contributed by atoms with van der Waals surface area (Å²) in [4.78, 5) is 16.4. The van der Waals surface area contributed by atoms with E-state index in [1.54, 1.807) is 54.9 Å². The van der Waals surface area contributed by atoms with E-state index in [1.807, 2.05) is 6.92 Å². The van der Waals surface area contributed by atoms with Crippen LogP contribution >= 0.6 is 11.6 Å². The van der Waals surface area contributed by atoms with Gasteiger partial charge in [0.05, 0.1) is 35.8 Å². The van der Waals surface area contributed by atoms with Gasteiger partial charge in [0, 0.05) is 0 Å². The first kappa shape index (κ1) is 18.5. The van der Waals surface area contributed by atoms with E-state index in [-0.39, 0.29) is 11.3 Å². The summed E-state index contributed by atoms with van der Waals surface area (Å²) < 4.78 is 12.2. The maximum Gasteiger partial charge on any atom is 0.345 e. The Morgan fingerprint density at radius 1 is 1.26 bits per heavy atom. The van der Waals surface area contributed by atoms with Crippen molar-refractivity contribution in [3.63, 3.8) is 0 Å². The monoisotopic (exact) mass is 384 g/mol. The van der Waals surface area contributed by atoms with E-state index in [0.29, 0.717) is 16.7 Å². The minimum atomic E-state index is -0.568. The normalized spacial score (nSPS) is 10.9. The van der Waals surface area contributed by atoms with Gasteiger partial charge in [-0.25, -0.2) is 14.5 Å². The van der Waals surface area contributed by atoms with Crippen molar-refractivity contribution < 1.29 is 14.3 Å². The van der Waals surface area contributed by atoms with Crippen LogP contribution in [0.4, 0.5) is 5.95 Å².